The molecular formula is C10H13ClS. The molecule has 1 aromatic rings. The number of aryl methyl sites for hydroxylation is 1. The molecule has 0 nitrogen and oxygen atoms in total. The summed E-state index contributed by atoms with van der Waals surface area (Å²) in [7, 11) is 0. The minimum atomic E-state index is 0.832. The van der Waals surface area contributed by atoms with Crippen molar-refractivity contribution in [1.82, 2.24) is 0 Å². The Bertz CT molecular complexity index is 235. The van der Waals surface area contributed by atoms with Crippen LogP contribution in [0.2, 0.25) is 5.02 Å². The third-order valence-electron chi connectivity index (χ3n) is 1.76. The van der Waals surface area contributed by atoms with Gasteiger partial charge in [0.1, 0.15) is 0 Å². The van der Waals surface area contributed by atoms with Gasteiger partial charge in [-0.2, -0.15) is 12.6 Å². The average Bonchev–Trinajstić information content (AvgIpc) is 2.05. The zero-order valence-electron chi connectivity index (χ0n) is 6.96. The fraction of sp³-hybridized carbons (Fsp3) is 0.400. The van der Waals surface area contributed by atoms with Crippen LogP contribution in [0.25, 0.3) is 0 Å². The summed E-state index contributed by atoms with van der Waals surface area (Å²) < 4.78 is 0. The minimum Gasteiger partial charge on any atom is -0.179 e. The summed E-state index contributed by atoms with van der Waals surface area (Å²) in [5, 5.41) is 0.832. The lowest BCUT2D eigenvalue weighted by Crippen LogP contribution is -1.85. The SMILES string of the molecule is SCCCCc1cccc(Cl)c1. The van der Waals surface area contributed by atoms with Gasteiger partial charge in [0.15, 0.2) is 0 Å². The van der Waals surface area contributed by atoms with Gasteiger partial charge in [-0.3, -0.25) is 0 Å². The molecule has 0 aliphatic heterocycles. The first-order valence-electron chi connectivity index (χ1n) is 4.18. The molecule has 12 heavy (non-hydrogen) atoms. The molecule has 0 saturated carbocycles. The maximum atomic E-state index is 5.84. The van der Waals surface area contributed by atoms with E-state index in [-0.39, 0.29) is 0 Å². The minimum absolute atomic E-state index is 0.832. The lowest BCUT2D eigenvalue weighted by Gasteiger charge is -1.99. The summed E-state index contributed by atoms with van der Waals surface area (Å²) in [4.78, 5) is 0. The van der Waals surface area contributed by atoms with E-state index in [2.05, 4.69) is 18.7 Å². The lowest BCUT2D eigenvalue weighted by atomic mass is 10.1. The van der Waals surface area contributed by atoms with Crippen molar-refractivity contribution in [3.05, 3.63) is 34.9 Å². The fourth-order valence-electron chi connectivity index (χ4n) is 1.13. The molecule has 0 bridgehead atoms. The molecule has 0 radical (unpaired) electrons. The topological polar surface area (TPSA) is 0 Å². The van der Waals surface area contributed by atoms with Crippen LogP contribution in [0.3, 0.4) is 0 Å². The Morgan fingerprint density at radius 2 is 2.08 bits per heavy atom. The molecule has 0 heterocycles. The molecule has 0 atom stereocenters. The Morgan fingerprint density at radius 3 is 2.75 bits per heavy atom. The van der Waals surface area contributed by atoms with Gasteiger partial charge in [0.05, 0.1) is 0 Å². The second-order valence-electron chi connectivity index (χ2n) is 2.81. The molecular weight excluding hydrogens is 188 g/mol. The quantitative estimate of drug-likeness (QED) is 0.558. The van der Waals surface area contributed by atoms with E-state index in [1.54, 1.807) is 0 Å². The molecule has 0 amide bonds. The average molecular weight is 201 g/mol. The molecule has 2 heteroatoms. The summed E-state index contributed by atoms with van der Waals surface area (Å²) >= 11 is 10.0. The Morgan fingerprint density at radius 1 is 1.25 bits per heavy atom. The van der Waals surface area contributed by atoms with E-state index in [4.69, 9.17) is 11.6 Å². The van der Waals surface area contributed by atoms with Crippen molar-refractivity contribution >= 4 is 24.2 Å². The van der Waals surface area contributed by atoms with E-state index >= 15 is 0 Å². The van der Waals surface area contributed by atoms with Gasteiger partial charge >= 0.3 is 0 Å². The van der Waals surface area contributed by atoms with Crippen LogP contribution >= 0.6 is 24.2 Å². The van der Waals surface area contributed by atoms with Crippen molar-refractivity contribution < 1.29 is 0 Å². The molecule has 0 saturated heterocycles. The summed E-state index contributed by atoms with van der Waals surface area (Å²) in [5.74, 6) is 0.973. The predicted molar refractivity (Wildman–Crippen MR) is 58.2 cm³/mol. The third kappa shape index (κ3) is 3.51. The molecule has 0 fully saturated rings. The molecule has 0 aromatic heterocycles. The Kier molecular flexibility index (Phi) is 4.55. The summed E-state index contributed by atoms with van der Waals surface area (Å²) in [6.07, 6.45) is 3.49. The Labute approximate surface area is 84.3 Å². The number of hydrogen-bond donors (Lipinski definition) is 1. The number of hydrogen-bond acceptors (Lipinski definition) is 1. The molecule has 0 unspecified atom stereocenters. The standard InChI is InChI=1S/C10H13ClS/c11-10-6-3-5-9(8-10)4-1-2-7-12/h3,5-6,8,12H,1-2,4,7H2. The summed E-state index contributed by atoms with van der Waals surface area (Å²) in [6, 6.07) is 8.05. The zero-order valence-corrected chi connectivity index (χ0v) is 8.61. The summed E-state index contributed by atoms with van der Waals surface area (Å²) in [6.45, 7) is 0. The molecule has 0 aliphatic carbocycles. The van der Waals surface area contributed by atoms with Gasteiger partial charge in [0.25, 0.3) is 0 Å². The highest BCUT2D eigenvalue weighted by molar-refractivity contribution is 7.80. The van der Waals surface area contributed by atoms with Crippen LogP contribution in [0.15, 0.2) is 24.3 Å². The highest BCUT2D eigenvalue weighted by atomic mass is 35.5. The van der Waals surface area contributed by atoms with Crippen LogP contribution in [0, 0.1) is 0 Å². The van der Waals surface area contributed by atoms with Crippen molar-refractivity contribution in [3.63, 3.8) is 0 Å². The van der Waals surface area contributed by atoms with Gasteiger partial charge in [0.2, 0.25) is 0 Å². The second kappa shape index (κ2) is 5.50. The zero-order chi connectivity index (χ0) is 8.81. The van der Waals surface area contributed by atoms with Gasteiger partial charge < -0.3 is 0 Å². The highest BCUT2D eigenvalue weighted by Crippen LogP contribution is 2.12. The second-order valence-corrected chi connectivity index (χ2v) is 3.69. The van der Waals surface area contributed by atoms with Crippen molar-refractivity contribution in [2.45, 2.75) is 19.3 Å². The summed E-state index contributed by atoms with van der Waals surface area (Å²) in [5.41, 5.74) is 1.32. The van der Waals surface area contributed by atoms with Gasteiger partial charge in [-0.25, -0.2) is 0 Å². The van der Waals surface area contributed by atoms with E-state index in [0.29, 0.717) is 0 Å². The van der Waals surface area contributed by atoms with Crippen LogP contribution in [0.5, 0.6) is 0 Å². The van der Waals surface area contributed by atoms with E-state index in [1.807, 2.05) is 18.2 Å². The van der Waals surface area contributed by atoms with Crippen molar-refractivity contribution in [2.24, 2.45) is 0 Å². The first-order chi connectivity index (χ1) is 5.83. The van der Waals surface area contributed by atoms with Crippen LogP contribution in [0.1, 0.15) is 18.4 Å². The van der Waals surface area contributed by atoms with Crippen molar-refractivity contribution in [2.75, 3.05) is 5.75 Å². The monoisotopic (exact) mass is 200 g/mol. The van der Waals surface area contributed by atoms with E-state index in [0.717, 1.165) is 17.2 Å². The van der Waals surface area contributed by atoms with Gasteiger partial charge in [-0.05, 0) is 42.7 Å². The number of unbranched alkanes of at least 4 members (excludes halogenated alkanes) is 1. The predicted octanol–water partition coefficient (Wildman–Crippen LogP) is 3.59. The molecule has 66 valence electrons. The van der Waals surface area contributed by atoms with E-state index in [1.165, 1.54) is 18.4 Å². The van der Waals surface area contributed by atoms with Crippen LogP contribution < -0.4 is 0 Å². The molecule has 0 N–H and O–H groups in total. The molecule has 0 aliphatic rings. The highest BCUT2D eigenvalue weighted by Gasteiger charge is 1.93. The molecule has 1 aromatic carbocycles. The largest absolute Gasteiger partial charge is 0.179 e. The number of rotatable bonds is 4. The van der Waals surface area contributed by atoms with Gasteiger partial charge in [-0.15, -0.1) is 0 Å². The van der Waals surface area contributed by atoms with Crippen LogP contribution in [-0.4, -0.2) is 5.75 Å². The Hall–Kier alpha value is -0.140. The van der Waals surface area contributed by atoms with E-state index < -0.39 is 0 Å². The van der Waals surface area contributed by atoms with Crippen molar-refractivity contribution in [1.29, 1.82) is 0 Å². The first-order valence-corrected chi connectivity index (χ1v) is 5.19. The van der Waals surface area contributed by atoms with Crippen LogP contribution in [-0.2, 0) is 6.42 Å². The normalized spacial score (nSPS) is 10.2. The Balaban J connectivity index is 2.41. The number of thiol groups is 1. The fourth-order valence-corrected chi connectivity index (χ4v) is 1.57. The third-order valence-corrected chi connectivity index (χ3v) is 2.31. The lowest BCUT2D eigenvalue weighted by molar-refractivity contribution is 0.804. The van der Waals surface area contributed by atoms with Crippen molar-refractivity contribution in [3.8, 4) is 0 Å². The van der Waals surface area contributed by atoms with Gasteiger partial charge in [-0.1, -0.05) is 23.7 Å². The number of benzene rings is 1. The van der Waals surface area contributed by atoms with Crippen LogP contribution in [0.4, 0.5) is 0 Å². The first kappa shape index (κ1) is 9.94. The van der Waals surface area contributed by atoms with Gasteiger partial charge in [0, 0.05) is 5.02 Å². The van der Waals surface area contributed by atoms with E-state index in [9.17, 15) is 0 Å². The maximum absolute atomic E-state index is 5.84. The smallest absolute Gasteiger partial charge is 0.0408 e. The number of halogens is 1. The molecule has 1 rings (SSSR count). The molecule has 0 spiro atoms. The maximum Gasteiger partial charge on any atom is 0.0408 e.